The summed E-state index contributed by atoms with van der Waals surface area (Å²) in [5.41, 5.74) is 0. The normalized spacial score (nSPS) is 11.3. The van der Waals surface area contributed by atoms with Gasteiger partial charge in [0.1, 0.15) is 0 Å². The van der Waals surface area contributed by atoms with Crippen LogP contribution in [0.25, 0.3) is 0 Å². The molecule has 0 fully saturated rings. The quantitative estimate of drug-likeness (QED) is 0.314. The first kappa shape index (κ1) is 22.9. The van der Waals surface area contributed by atoms with Gasteiger partial charge in [-0.25, -0.2) is 0 Å². The van der Waals surface area contributed by atoms with Crippen molar-refractivity contribution in [1.29, 1.82) is 0 Å². The Labute approximate surface area is 149 Å². The van der Waals surface area contributed by atoms with E-state index in [2.05, 4.69) is 35.9 Å². The fourth-order valence-electron chi connectivity index (χ4n) is 2.55. The number of nitrogens with one attached hydrogen (secondary N) is 1. The number of amides is 1. The Balaban J connectivity index is 3.69. The van der Waals surface area contributed by atoms with Gasteiger partial charge in [-0.3, -0.25) is 9.69 Å². The van der Waals surface area contributed by atoms with Crippen LogP contribution in [0, 0.1) is 0 Å². The molecule has 0 aromatic heterocycles. The van der Waals surface area contributed by atoms with E-state index < -0.39 is 0 Å². The minimum atomic E-state index is 0.141. The number of nitrogens with zero attached hydrogens (tertiary/aromatic N) is 1. The molecule has 0 saturated carbocycles. The van der Waals surface area contributed by atoms with Gasteiger partial charge in [-0.1, -0.05) is 31.6 Å². The molecule has 0 aliphatic rings. The number of carbonyl (C=O) groups is 1. The van der Waals surface area contributed by atoms with E-state index in [0.717, 1.165) is 58.0 Å². The Morgan fingerprint density at radius 2 is 1.83 bits per heavy atom. The Hall–Kier alpha value is -1.13. The summed E-state index contributed by atoms with van der Waals surface area (Å²) < 4.78 is 0. The van der Waals surface area contributed by atoms with Crippen molar-refractivity contribution in [2.75, 3.05) is 32.8 Å². The molecular formula is C20H38N2O2. The molecule has 0 heterocycles. The van der Waals surface area contributed by atoms with Crippen LogP contribution < -0.4 is 5.32 Å². The predicted molar refractivity (Wildman–Crippen MR) is 103 cm³/mol. The lowest BCUT2D eigenvalue weighted by atomic mass is 10.1. The zero-order chi connectivity index (χ0) is 17.9. The van der Waals surface area contributed by atoms with Gasteiger partial charge in [0.15, 0.2) is 0 Å². The van der Waals surface area contributed by atoms with E-state index in [0.29, 0.717) is 19.5 Å². The third kappa shape index (κ3) is 15.8. The van der Waals surface area contributed by atoms with E-state index in [4.69, 9.17) is 5.11 Å². The maximum atomic E-state index is 11.8. The van der Waals surface area contributed by atoms with Gasteiger partial charge in [-0.05, 0) is 51.5 Å². The lowest BCUT2D eigenvalue weighted by Crippen LogP contribution is -2.36. The number of carbonyl (C=O) groups excluding carboxylic acids is 1. The number of allylic oxidation sites excluding steroid dienone is 3. The molecule has 0 saturated heterocycles. The van der Waals surface area contributed by atoms with Crippen LogP contribution >= 0.6 is 0 Å². The molecule has 2 N–H and O–H groups in total. The number of aliphatic hydroxyl groups excluding tert-OH is 1. The van der Waals surface area contributed by atoms with E-state index >= 15 is 0 Å². The maximum absolute atomic E-state index is 11.8. The largest absolute Gasteiger partial charge is 0.395 e. The van der Waals surface area contributed by atoms with Crippen molar-refractivity contribution < 1.29 is 9.90 Å². The first-order valence-corrected chi connectivity index (χ1v) is 9.60. The average molecular weight is 339 g/mol. The smallest absolute Gasteiger partial charge is 0.220 e. The van der Waals surface area contributed by atoms with Crippen LogP contribution in [0.2, 0.25) is 0 Å². The molecule has 1 amide bonds. The molecule has 0 bridgehead atoms. The molecule has 0 rings (SSSR count). The standard InChI is InChI=1S/C20H38N2O2/c1-3-5-7-9-11-13-16-22(18-19-23)17-15-21-20(24)14-12-10-8-6-4-2/h4-5,7,23H,2-3,6,8-19H2,1H3,(H,21,24)/b7-5+. The van der Waals surface area contributed by atoms with Crippen molar-refractivity contribution >= 4 is 5.91 Å². The van der Waals surface area contributed by atoms with Gasteiger partial charge in [0.2, 0.25) is 5.91 Å². The molecule has 4 nitrogen and oxygen atoms in total. The zero-order valence-corrected chi connectivity index (χ0v) is 15.6. The van der Waals surface area contributed by atoms with Crippen molar-refractivity contribution in [1.82, 2.24) is 10.2 Å². The number of hydrogen-bond acceptors (Lipinski definition) is 3. The highest BCUT2D eigenvalue weighted by molar-refractivity contribution is 5.75. The van der Waals surface area contributed by atoms with Gasteiger partial charge in [-0.2, -0.15) is 0 Å². The number of rotatable bonds is 17. The topological polar surface area (TPSA) is 52.6 Å². The summed E-state index contributed by atoms with van der Waals surface area (Å²) >= 11 is 0. The van der Waals surface area contributed by atoms with E-state index in [1.54, 1.807) is 0 Å². The minimum Gasteiger partial charge on any atom is -0.395 e. The summed E-state index contributed by atoms with van der Waals surface area (Å²) in [6, 6.07) is 0. The van der Waals surface area contributed by atoms with Crippen LogP contribution in [0.4, 0.5) is 0 Å². The Kier molecular flexibility index (Phi) is 17.4. The molecule has 0 aromatic carbocycles. The predicted octanol–water partition coefficient (Wildman–Crippen LogP) is 3.67. The maximum Gasteiger partial charge on any atom is 0.220 e. The van der Waals surface area contributed by atoms with Crippen LogP contribution in [-0.2, 0) is 4.79 Å². The highest BCUT2D eigenvalue weighted by Crippen LogP contribution is 2.03. The van der Waals surface area contributed by atoms with Gasteiger partial charge >= 0.3 is 0 Å². The molecule has 0 unspecified atom stereocenters. The second-order valence-electron chi connectivity index (χ2n) is 6.18. The van der Waals surface area contributed by atoms with Gasteiger partial charge in [0, 0.05) is 26.1 Å². The van der Waals surface area contributed by atoms with Gasteiger partial charge in [-0.15, -0.1) is 6.58 Å². The molecule has 0 radical (unpaired) electrons. The first-order chi connectivity index (χ1) is 11.7. The SMILES string of the molecule is C=CCCCCCC(=O)NCCN(CCO)CCCC/C=C/CC. The fraction of sp³-hybridized carbons (Fsp3) is 0.750. The van der Waals surface area contributed by atoms with Crippen molar-refractivity contribution in [3.05, 3.63) is 24.8 Å². The summed E-state index contributed by atoms with van der Waals surface area (Å²) in [5.74, 6) is 0.141. The molecule has 0 aliphatic carbocycles. The summed E-state index contributed by atoms with van der Waals surface area (Å²) in [4.78, 5) is 14.0. The molecule has 4 heteroatoms. The summed E-state index contributed by atoms with van der Waals surface area (Å²) in [7, 11) is 0. The van der Waals surface area contributed by atoms with Gasteiger partial charge in [0.25, 0.3) is 0 Å². The second kappa shape index (κ2) is 18.2. The average Bonchev–Trinajstić information content (AvgIpc) is 2.57. The lowest BCUT2D eigenvalue weighted by molar-refractivity contribution is -0.121. The van der Waals surface area contributed by atoms with Crippen LogP contribution in [0.15, 0.2) is 24.8 Å². The minimum absolute atomic E-state index is 0.141. The third-order valence-corrected chi connectivity index (χ3v) is 3.98. The van der Waals surface area contributed by atoms with Crippen LogP contribution in [-0.4, -0.2) is 48.7 Å². The van der Waals surface area contributed by atoms with Crippen LogP contribution in [0.5, 0.6) is 0 Å². The Morgan fingerprint density at radius 3 is 2.54 bits per heavy atom. The highest BCUT2D eigenvalue weighted by atomic mass is 16.3. The molecular weight excluding hydrogens is 300 g/mol. The molecule has 0 aromatic rings. The number of unbranched alkanes of at least 4 members (excludes halogenated alkanes) is 5. The molecule has 0 atom stereocenters. The van der Waals surface area contributed by atoms with E-state index in [1.807, 2.05) is 6.08 Å². The lowest BCUT2D eigenvalue weighted by Gasteiger charge is -2.21. The number of hydrogen-bond donors (Lipinski definition) is 2. The van der Waals surface area contributed by atoms with E-state index in [9.17, 15) is 4.79 Å². The first-order valence-electron chi connectivity index (χ1n) is 9.60. The Bertz CT molecular complexity index is 330. The summed E-state index contributed by atoms with van der Waals surface area (Å²) in [5, 5.41) is 12.1. The van der Waals surface area contributed by atoms with E-state index in [-0.39, 0.29) is 12.5 Å². The van der Waals surface area contributed by atoms with Crippen molar-refractivity contribution in [3.63, 3.8) is 0 Å². The van der Waals surface area contributed by atoms with Crippen molar-refractivity contribution in [2.24, 2.45) is 0 Å². The molecule has 0 aliphatic heterocycles. The van der Waals surface area contributed by atoms with Crippen molar-refractivity contribution in [3.8, 4) is 0 Å². The Morgan fingerprint density at radius 1 is 1.04 bits per heavy atom. The molecule has 0 spiro atoms. The highest BCUT2D eigenvalue weighted by Gasteiger charge is 2.05. The summed E-state index contributed by atoms with van der Waals surface area (Å²) in [6.45, 7) is 9.17. The summed E-state index contributed by atoms with van der Waals surface area (Å²) in [6.07, 6.45) is 15.7. The van der Waals surface area contributed by atoms with Crippen LogP contribution in [0.3, 0.4) is 0 Å². The third-order valence-electron chi connectivity index (χ3n) is 3.98. The van der Waals surface area contributed by atoms with Crippen molar-refractivity contribution in [2.45, 2.75) is 64.7 Å². The van der Waals surface area contributed by atoms with Crippen LogP contribution in [0.1, 0.15) is 64.7 Å². The second-order valence-corrected chi connectivity index (χ2v) is 6.18. The monoisotopic (exact) mass is 338 g/mol. The van der Waals surface area contributed by atoms with E-state index in [1.165, 1.54) is 6.42 Å². The molecule has 140 valence electrons. The van der Waals surface area contributed by atoms with Gasteiger partial charge < -0.3 is 10.4 Å². The number of aliphatic hydroxyl groups is 1. The van der Waals surface area contributed by atoms with Gasteiger partial charge in [0.05, 0.1) is 6.61 Å². The zero-order valence-electron chi connectivity index (χ0n) is 15.6. The fourth-order valence-corrected chi connectivity index (χ4v) is 2.55. The molecule has 24 heavy (non-hydrogen) atoms.